The van der Waals surface area contributed by atoms with Gasteiger partial charge < -0.3 is 29.1 Å². The summed E-state index contributed by atoms with van der Waals surface area (Å²) >= 11 is 7.05. The number of carboxylic acid groups (broad SMARTS) is 1. The minimum atomic E-state index is -0.865. The number of carboxylic acids is 1. The highest BCUT2D eigenvalue weighted by Crippen LogP contribution is 2.21. The Morgan fingerprint density at radius 2 is 2.45 bits per heavy atom. The molecule has 1 rings (SSSR count). The molecule has 0 aliphatic rings. The molecule has 0 unspecified atom stereocenters. The molecule has 11 heavy (non-hydrogen) atoms. The molecule has 0 fully saturated rings. The molecular formula is C4H3N2O2S3-. The third kappa shape index (κ3) is 3.00. The van der Waals surface area contributed by atoms with Gasteiger partial charge >= 0.3 is 5.97 Å². The smallest absolute Gasteiger partial charge is 0.313 e. The topological polar surface area (TPSA) is 63.1 Å². The molecule has 4 nitrogen and oxygen atoms in total. The van der Waals surface area contributed by atoms with Crippen molar-refractivity contribution in [2.24, 2.45) is 0 Å². The molecule has 0 aliphatic carbocycles. The van der Waals surface area contributed by atoms with Gasteiger partial charge in [0.1, 0.15) is 0 Å². The fourth-order valence-corrected chi connectivity index (χ4v) is 2.12. The number of thioether (sulfide) groups is 1. The first-order chi connectivity index (χ1) is 5.18. The fraction of sp³-hybridized carbons (Fsp3) is 0.250. The predicted molar refractivity (Wildman–Crippen MR) is 43.9 cm³/mol. The Morgan fingerprint density at radius 1 is 1.73 bits per heavy atom. The maximum Gasteiger partial charge on any atom is 0.313 e. The lowest BCUT2D eigenvalue weighted by Gasteiger charge is -1.92. The van der Waals surface area contributed by atoms with Gasteiger partial charge in [-0.2, -0.15) is 10.2 Å². The van der Waals surface area contributed by atoms with Crippen molar-refractivity contribution in [2.75, 3.05) is 5.75 Å². The Kier molecular flexibility index (Phi) is 3.03. The molecule has 0 amide bonds. The van der Waals surface area contributed by atoms with Crippen LogP contribution < -0.4 is 0 Å². The lowest BCUT2D eigenvalue weighted by atomic mass is 10.8. The normalized spacial score (nSPS) is 9.82. The van der Waals surface area contributed by atoms with Crippen molar-refractivity contribution in [3.63, 3.8) is 0 Å². The van der Waals surface area contributed by atoms with E-state index in [0.29, 0.717) is 8.68 Å². The van der Waals surface area contributed by atoms with E-state index < -0.39 is 5.97 Å². The Bertz CT molecular complexity index is 262. The van der Waals surface area contributed by atoms with E-state index in [-0.39, 0.29) is 5.75 Å². The van der Waals surface area contributed by atoms with Gasteiger partial charge in [0, 0.05) is 0 Å². The third-order valence-corrected chi connectivity index (χ3v) is 2.87. The van der Waals surface area contributed by atoms with Crippen molar-refractivity contribution >= 4 is 41.7 Å². The Hall–Kier alpha value is -0.400. The SMILES string of the molecule is O=C(O)CSc1nnc([S-])s1. The maximum atomic E-state index is 10.1. The maximum absolute atomic E-state index is 10.1. The van der Waals surface area contributed by atoms with E-state index in [4.69, 9.17) is 17.7 Å². The molecule has 60 valence electrons. The fourth-order valence-electron chi connectivity index (χ4n) is 0.379. The summed E-state index contributed by atoms with van der Waals surface area (Å²) < 4.78 is 1.05. The summed E-state index contributed by atoms with van der Waals surface area (Å²) in [5.74, 6) is -0.861. The van der Waals surface area contributed by atoms with Crippen LogP contribution >= 0.6 is 23.1 Å². The molecule has 7 heteroatoms. The van der Waals surface area contributed by atoms with Crippen LogP contribution in [0.15, 0.2) is 8.68 Å². The van der Waals surface area contributed by atoms with E-state index in [1.54, 1.807) is 0 Å². The van der Waals surface area contributed by atoms with Crippen LogP contribution in [0.4, 0.5) is 0 Å². The monoisotopic (exact) mass is 207 g/mol. The zero-order valence-electron chi connectivity index (χ0n) is 5.18. The number of hydrogen-bond donors (Lipinski definition) is 1. The van der Waals surface area contributed by atoms with Crippen LogP contribution in [0.3, 0.4) is 0 Å². The summed E-state index contributed by atoms with van der Waals surface area (Å²) in [5.41, 5.74) is 0. The molecule has 1 N–H and O–H groups in total. The molecule has 0 aromatic carbocycles. The van der Waals surface area contributed by atoms with Crippen LogP contribution in [0.25, 0.3) is 0 Å². The van der Waals surface area contributed by atoms with Crippen molar-refractivity contribution in [3.8, 4) is 0 Å². The molecule has 0 spiro atoms. The molecular weight excluding hydrogens is 204 g/mol. The van der Waals surface area contributed by atoms with Gasteiger partial charge in [-0.15, -0.1) is 11.8 Å². The van der Waals surface area contributed by atoms with Gasteiger partial charge in [-0.25, -0.2) is 0 Å². The predicted octanol–water partition coefficient (Wildman–Crippen LogP) is 0.621. The molecule has 0 saturated carbocycles. The highest BCUT2D eigenvalue weighted by Gasteiger charge is 1.98. The standard InChI is InChI=1S/C4H4N2O2S3/c7-2(8)1-10-4-6-5-3(9)11-4/h1H2,(H,5,9)(H,7,8)/p-1. The average Bonchev–Trinajstić information content (AvgIpc) is 2.31. The van der Waals surface area contributed by atoms with Crippen LogP contribution in [0.5, 0.6) is 0 Å². The molecule has 0 saturated heterocycles. The largest absolute Gasteiger partial charge is 0.481 e. The van der Waals surface area contributed by atoms with E-state index in [0.717, 1.165) is 11.8 Å². The van der Waals surface area contributed by atoms with E-state index in [1.165, 1.54) is 11.3 Å². The van der Waals surface area contributed by atoms with Gasteiger partial charge in [0.15, 0.2) is 0 Å². The zero-order chi connectivity index (χ0) is 8.27. The Morgan fingerprint density at radius 3 is 2.91 bits per heavy atom. The van der Waals surface area contributed by atoms with Gasteiger partial charge in [-0.3, -0.25) is 4.79 Å². The highest BCUT2D eigenvalue weighted by molar-refractivity contribution is 8.01. The summed E-state index contributed by atoms with van der Waals surface area (Å²) in [5, 5.41) is 15.5. The lowest BCUT2D eigenvalue weighted by molar-refractivity contribution is -0.133. The van der Waals surface area contributed by atoms with Crippen molar-refractivity contribution in [1.82, 2.24) is 10.2 Å². The van der Waals surface area contributed by atoms with Gasteiger partial charge in [0.2, 0.25) is 0 Å². The van der Waals surface area contributed by atoms with Crippen molar-refractivity contribution in [2.45, 2.75) is 8.68 Å². The molecule has 0 radical (unpaired) electrons. The van der Waals surface area contributed by atoms with Crippen LogP contribution in [0, 0.1) is 0 Å². The number of rotatable bonds is 3. The summed E-state index contributed by atoms with van der Waals surface area (Å²) in [6.45, 7) is 0. The van der Waals surface area contributed by atoms with Crippen LogP contribution in [-0.4, -0.2) is 27.0 Å². The van der Waals surface area contributed by atoms with Crippen molar-refractivity contribution in [3.05, 3.63) is 0 Å². The van der Waals surface area contributed by atoms with Gasteiger partial charge in [0.05, 0.1) is 10.1 Å². The van der Waals surface area contributed by atoms with E-state index >= 15 is 0 Å². The summed E-state index contributed by atoms with van der Waals surface area (Å²) in [6.07, 6.45) is 0. The highest BCUT2D eigenvalue weighted by atomic mass is 32.2. The van der Waals surface area contributed by atoms with Crippen LogP contribution in [0.2, 0.25) is 0 Å². The van der Waals surface area contributed by atoms with Crippen molar-refractivity contribution in [1.29, 1.82) is 0 Å². The lowest BCUT2D eigenvalue weighted by Crippen LogP contribution is -1.96. The molecule has 0 atom stereocenters. The molecule has 0 aliphatic heterocycles. The summed E-state index contributed by atoms with van der Waals surface area (Å²) in [7, 11) is 0. The molecule has 0 bridgehead atoms. The first-order valence-electron chi connectivity index (χ1n) is 2.53. The Labute approximate surface area is 76.4 Å². The summed E-state index contributed by atoms with van der Waals surface area (Å²) in [4.78, 5) is 10.1. The number of aromatic nitrogens is 2. The third-order valence-electron chi connectivity index (χ3n) is 0.707. The van der Waals surface area contributed by atoms with Gasteiger partial charge in [0.25, 0.3) is 0 Å². The molecule has 1 aromatic rings. The zero-order valence-corrected chi connectivity index (χ0v) is 7.63. The number of hydrogen-bond acceptors (Lipinski definition) is 6. The Balaban J connectivity index is 2.45. The number of carbonyl (C=O) groups is 1. The summed E-state index contributed by atoms with van der Waals surface area (Å²) in [6, 6.07) is 0. The van der Waals surface area contributed by atoms with E-state index in [2.05, 4.69) is 10.2 Å². The second-order valence-electron chi connectivity index (χ2n) is 1.52. The first-order valence-corrected chi connectivity index (χ1v) is 4.74. The average molecular weight is 207 g/mol. The van der Waals surface area contributed by atoms with Crippen molar-refractivity contribution < 1.29 is 9.90 Å². The molecule has 1 heterocycles. The van der Waals surface area contributed by atoms with Gasteiger partial charge in [-0.05, 0) is 4.34 Å². The number of nitrogens with zero attached hydrogens (tertiary/aromatic N) is 2. The second-order valence-corrected chi connectivity index (χ2v) is 4.36. The minimum absolute atomic E-state index is 0.00394. The van der Waals surface area contributed by atoms with Crippen LogP contribution in [0.1, 0.15) is 0 Å². The molecule has 1 aromatic heterocycles. The van der Waals surface area contributed by atoms with E-state index in [9.17, 15) is 4.79 Å². The first kappa shape index (κ1) is 8.69. The minimum Gasteiger partial charge on any atom is -0.481 e. The number of aliphatic carboxylic acids is 1. The van der Waals surface area contributed by atoms with Gasteiger partial charge in [-0.1, -0.05) is 0 Å². The second kappa shape index (κ2) is 3.84. The van der Waals surface area contributed by atoms with Crippen LogP contribution in [-0.2, 0) is 17.4 Å². The quantitative estimate of drug-likeness (QED) is 0.579. The van der Waals surface area contributed by atoms with E-state index in [1.807, 2.05) is 0 Å².